The molecule has 0 spiro atoms. The summed E-state index contributed by atoms with van der Waals surface area (Å²) in [6, 6.07) is 3.36. The summed E-state index contributed by atoms with van der Waals surface area (Å²) < 4.78 is 0. The van der Waals surface area contributed by atoms with Crippen LogP contribution in [-0.2, 0) is 0 Å². The van der Waals surface area contributed by atoms with E-state index in [0.29, 0.717) is 30.6 Å². The molecule has 1 aromatic heterocycles. The van der Waals surface area contributed by atoms with Crippen LogP contribution >= 0.6 is 0 Å². The van der Waals surface area contributed by atoms with Crippen LogP contribution in [0.4, 0.5) is 0 Å². The number of hydrogen-bond donors (Lipinski definition) is 2. The van der Waals surface area contributed by atoms with Crippen LogP contribution in [0.5, 0.6) is 0 Å². The van der Waals surface area contributed by atoms with Crippen LogP contribution in [0, 0.1) is 11.8 Å². The molecule has 108 valence electrons. The topological polar surface area (TPSA) is 73.7 Å². The molecule has 5 nitrogen and oxygen atoms in total. The number of nitrogens with zero attached hydrogens (tertiary/aromatic N) is 2. The molecule has 1 heterocycles. The zero-order chi connectivity index (χ0) is 15.0. The first-order valence-corrected chi connectivity index (χ1v) is 6.54. The number of aliphatic hydroxyl groups is 2. The highest BCUT2D eigenvalue weighted by atomic mass is 16.3. The largest absolute Gasteiger partial charge is 0.395 e. The van der Waals surface area contributed by atoms with Gasteiger partial charge < -0.3 is 15.1 Å². The van der Waals surface area contributed by atoms with Gasteiger partial charge in [0.1, 0.15) is 5.69 Å². The zero-order valence-corrected chi connectivity index (χ0v) is 11.8. The summed E-state index contributed by atoms with van der Waals surface area (Å²) in [5, 5.41) is 17.8. The highest BCUT2D eigenvalue weighted by molar-refractivity contribution is 5.92. The van der Waals surface area contributed by atoms with Crippen LogP contribution in [0.25, 0.3) is 0 Å². The number of carbonyl (C=O) groups excluding carboxylic acids is 1. The number of aliphatic hydroxyl groups excluding tert-OH is 2. The fraction of sp³-hybridized carbons (Fsp3) is 0.467. The molecular weight excluding hydrogens is 256 g/mol. The monoisotopic (exact) mass is 276 g/mol. The predicted molar refractivity (Wildman–Crippen MR) is 76.1 cm³/mol. The summed E-state index contributed by atoms with van der Waals surface area (Å²) in [5.74, 6) is 5.46. The first kappa shape index (κ1) is 16.2. The Bertz CT molecular complexity index is 486. The minimum absolute atomic E-state index is 0.0328. The highest BCUT2D eigenvalue weighted by Gasteiger charge is 2.13. The number of hydrogen-bond acceptors (Lipinski definition) is 4. The van der Waals surface area contributed by atoms with Crippen molar-refractivity contribution < 1.29 is 15.0 Å². The minimum atomic E-state index is -0.428. The second-order valence-electron chi connectivity index (χ2n) is 4.57. The van der Waals surface area contributed by atoms with Crippen molar-refractivity contribution in [1.82, 2.24) is 9.88 Å². The first-order chi connectivity index (χ1) is 9.54. The van der Waals surface area contributed by atoms with Gasteiger partial charge >= 0.3 is 0 Å². The SMILES string of the molecule is CC(O)CCN(C)C(=O)c1ccc(C#CCCO)cn1. The lowest BCUT2D eigenvalue weighted by Gasteiger charge is -2.17. The molecular formula is C15H20N2O3. The Hall–Kier alpha value is -1.90. The average Bonchev–Trinajstić information content (AvgIpc) is 2.45. The lowest BCUT2D eigenvalue weighted by molar-refractivity contribution is 0.0763. The van der Waals surface area contributed by atoms with E-state index in [4.69, 9.17) is 5.11 Å². The molecule has 0 aliphatic rings. The zero-order valence-electron chi connectivity index (χ0n) is 11.8. The molecule has 0 saturated heterocycles. The summed E-state index contributed by atoms with van der Waals surface area (Å²) >= 11 is 0. The van der Waals surface area contributed by atoms with Gasteiger partial charge in [-0.2, -0.15) is 0 Å². The Balaban J connectivity index is 2.64. The van der Waals surface area contributed by atoms with Gasteiger partial charge in [0.15, 0.2) is 0 Å². The second kappa shape index (κ2) is 8.31. The van der Waals surface area contributed by atoms with Crippen molar-refractivity contribution in [2.24, 2.45) is 0 Å². The van der Waals surface area contributed by atoms with Gasteiger partial charge in [0, 0.05) is 31.8 Å². The summed E-state index contributed by atoms with van der Waals surface area (Å²) in [7, 11) is 1.68. The standard InChI is InChI=1S/C15H20N2O3/c1-12(19)8-9-17(2)15(20)14-7-6-13(11-16-14)5-3-4-10-18/h6-7,11-12,18-19H,4,8-10H2,1-2H3. The molecule has 0 fully saturated rings. The van der Waals surface area contributed by atoms with Gasteiger partial charge in [-0.3, -0.25) is 4.79 Å². The molecule has 1 aromatic rings. The van der Waals surface area contributed by atoms with E-state index in [-0.39, 0.29) is 12.5 Å². The van der Waals surface area contributed by atoms with E-state index in [9.17, 15) is 9.90 Å². The van der Waals surface area contributed by atoms with Crippen LogP contribution in [0.2, 0.25) is 0 Å². The Morgan fingerprint density at radius 3 is 2.80 bits per heavy atom. The Morgan fingerprint density at radius 1 is 1.50 bits per heavy atom. The third-order valence-corrected chi connectivity index (χ3v) is 2.68. The summed E-state index contributed by atoms with van der Waals surface area (Å²) in [6.45, 7) is 2.21. The molecule has 0 bridgehead atoms. The third kappa shape index (κ3) is 5.39. The van der Waals surface area contributed by atoms with E-state index < -0.39 is 6.10 Å². The normalized spacial score (nSPS) is 11.4. The van der Waals surface area contributed by atoms with Crippen molar-refractivity contribution in [3.8, 4) is 11.8 Å². The second-order valence-corrected chi connectivity index (χ2v) is 4.57. The van der Waals surface area contributed by atoms with Gasteiger partial charge in [0.2, 0.25) is 0 Å². The number of aromatic nitrogens is 1. The van der Waals surface area contributed by atoms with Crippen LogP contribution in [0.1, 0.15) is 35.8 Å². The van der Waals surface area contributed by atoms with E-state index in [2.05, 4.69) is 16.8 Å². The maximum absolute atomic E-state index is 12.0. The van der Waals surface area contributed by atoms with Crippen molar-refractivity contribution in [2.75, 3.05) is 20.2 Å². The van der Waals surface area contributed by atoms with Crippen molar-refractivity contribution in [3.63, 3.8) is 0 Å². The smallest absolute Gasteiger partial charge is 0.272 e. The van der Waals surface area contributed by atoms with Crippen molar-refractivity contribution in [2.45, 2.75) is 25.9 Å². The van der Waals surface area contributed by atoms with E-state index in [1.807, 2.05) is 0 Å². The van der Waals surface area contributed by atoms with Gasteiger partial charge in [-0.1, -0.05) is 11.8 Å². The fourth-order valence-corrected chi connectivity index (χ4v) is 1.49. The Morgan fingerprint density at radius 2 is 2.25 bits per heavy atom. The maximum atomic E-state index is 12.0. The van der Waals surface area contributed by atoms with Crippen LogP contribution in [-0.4, -0.2) is 52.3 Å². The van der Waals surface area contributed by atoms with Crippen molar-refractivity contribution >= 4 is 5.91 Å². The molecule has 2 N–H and O–H groups in total. The van der Waals surface area contributed by atoms with Gasteiger partial charge in [-0.25, -0.2) is 4.98 Å². The average molecular weight is 276 g/mol. The summed E-state index contributed by atoms with van der Waals surface area (Å²) in [5.41, 5.74) is 1.06. The van der Waals surface area contributed by atoms with Gasteiger partial charge in [0.05, 0.1) is 12.7 Å². The highest BCUT2D eigenvalue weighted by Crippen LogP contribution is 2.04. The quantitative estimate of drug-likeness (QED) is 0.775. The molecule has 0 aliphatic heterocycles. The third-order valence-electron chi connectivity index (χ3n) is 2.68. The van der Waals surface area contributed by atoms with Gasteiger partial charge in [-0.15, -0.1) is 0 Å². The Labute approximate surface area is 119 Å². The van der Waals surface area contributed by atoms with E-state index >= 15 is 0 Å². The molecule has 0 saturated carbocycles. The maximum Gasteiger partial charge on any atom is 0.272 e. The molecule has 1 rings (SSSR count). The molecule has 1 unspecified atom stereocenters. The first-order valence-electron chi connectivity index (χ1n) is 6.54. The minimum Gasteiger partial charge on any atom is -0.395 e. The molecule has 0 radical (unpaired) electrons. The predicted octanol–water partition coefficient (Wildman–Crippen LogP) is 0.658. The van der Waals surface area contributed by atoms with Crippen LogP contribution in [0.15, 0.2) is 18.3 Å². The Kier molecular flexibility index (Phi) is 6.71. The fourth-order valence-electron chi connectivity index (χ4n) is 1.49. The molecule has 20 heavy (non-hydrogen) atoms. The number of rotatable bonds is 5. The van der Waals surface area contributed by atoms with E-state index in [0.717, 1.165) is 0 Å². The number of carbonyl (C=O) groups is 1. The van der Waals surface area contributed by atoms with Crippen LogP contribution in [0.3, 0.4) is 0 Å². The lowest BCUT2D eigenvalue weighted by atomic mass is 10.2. The molecule has 1 atom stereocenters. The van der Waals surface area contributed by atoms with Crippen molar-refractivity contribution in [3.05, 3.63) is 29.6 Å². The lowest BCUT2D eigenvalue weighted by Crippen LogP contribution is -2.30. The molecule has 0 aromatic carbocycles. The van der Waals surface area contributed by atoms with Crippen molar-refractivity contribution in [1.29, 1.82) is 0 Å². The van der Waals surface area contributed by atoms with E-state index in [1.54, 1.807) is 32.3 Å². The molecule has 5 heteroatoms. The van der Waals surface area contributed by atoms with Gasteiger partial charge in [-0.05, 0) is 25.5 Å². The summed E-state index contributed by atoms with van der Waals surface area (Å²) in [4.78, 5) is 17.7. The van der Waals surface area contributed by atoms with Crippen LogP contribution < -0.4 is 0 Å². The number of amides is 1. The summed E-state index contributed by atoms with van der Waals surface area (Å²) in [6.07, 6.45) is 2.07. The molecule has 1 amide bonds. The van der Waals surface area contributed by atoms with E-state index in [1.165, 1.54) is 4.90 Å². The number of pyridine rings is 1. The molecule has 0 aliphatic carbocycles. The van der Waals surface area contributed by atoms with Gasteiger partial charge in [0.25, 0.3) is 5.91 Å².